The third-order valence-electron chi connectivity index (χ3n) is 2.38. The molecule has 0 fully saturated rings. The van der Waals surface area contributed by atoms with Gasteiger partial charge in [0.1, 0.15) is 0 Å². The Balaban J connectivity index is 2.61. The van der Waals surface area contributed by atoms with Crippen molar-refractivity contribution in [2.45, 2.75) is 13.2 Å². The molecule has 0 aliphatic rings. The second-order valence-corrected chi connectivity index (χ2v) is 4.43. The Kier molecular flexibility index (Phi) is 5.61. The standard InChI is InChI=1S/C12H16BrNO3/c1-8-6-9(4-5-10(8)13)12(15)14-7-11(16-2)17-3/h4-6,11H,7H2,1-3H3,(H,14,15). The second kappa shape index (κ2) is 6.74. The number of hydrogen-bond donors (Lipinski definition) is 1. The number of nitrogens with one attached hydrogen (secondary N) is 1. The normalized spacial score (nSPS) is 10.6. The zero-order valence-electron chi connectivity index (χ0n) is 10.1. The van der Waals surface area contributed by atoms with Crippen molar-refractivity contribution in [3.8, 4) is 0 Å². The number of hydrogen-bond acceptors (Lipinski definition) is 3. The van der Waals surface area contributed by atoms with Gasteiger partial charge in [-0.2, -0.15) is 0 Å². The van der Waals surface area contributed by atoms with E-state index < -0.39 is 6.29 Å². The Hall–Kier alpha value is -0.910. The topological polar surface area (TPSA) is 47.6 Å². The van der Waals surface area contributed by atoms with Crippen molar-refractivity contribution in [1.82, 2.24) is 5.32 Å². The first-order valence-electron chi connectivity index (χ1n) is 5.18. The van der Waals surface area contributed by atoms with Crippen LogP contribution >= 0.6 is 15.9 Å². The second-order valence-electron chi connectivity index (χ2n) is 3.57. The van der Waals surface area contributed by atoms with Gasteiger partial charge in [-0.3, -0.25) is 4.79 Å². The summed E-state index contributed by atoms with van der Waals surface area (Å²) < 4.78 is 11.0. The highest BCUT2D eigenvalue weighted by Crippen LogP contribution is 2.16. The van der Waals surface area contributed by atoms with E-state index in [1.54, 1.807) is 6.07 Å². The van der Waals surface area contributed by atoms with Gasteiger partial charge in [0.15, 0.2) is 6.29 Å². The zero-order valence-corrected chi connectivity index (χ0v) is 11.7. The Labute approximate surface area is 109 Å². The van der Waals surface area contributed by atoms with Crippen LogP contribution in [0.5, 0.6) is 0 Å². The molecule has 1 rings (SSSR count). The molecule has 0 spiro atoms. The molecule has 0 aliphatic carbocycles. The number of ether oxygens (including phenoxy) is 2. The predicted octanol–water partition coefficient (Wildman–Crippen LogP) is 2.11. The van der Waals surface area contributed by atoms with E-state index in [-0.39, 0.29) is 5.91 Å². The van der Waals surface area contributed by atoms with Crippen molar-refractivity contribution in [3.05, 3.63) is 33.8 Å². The summed E-state index contributed by atoms with van der Waals surface area (Å²) in [5.41, 5.74) is 1.64. The van der Waals surface area contributed by atoms with E-state index in [0.717, 1.165) is 10.0 Å². The molecule has 94 valence electrons. The first-order chi connectivity index (χ1) is 8.08. The number of amides is 1. The summed E-state index contributed by atoms with van der Waals surface area (Å²) >= 11 is 3.39. The molecule has 0 atom stereocenters. The molecule has 0 aromatic heterocycles. The van der Waals surface area contributed by atoms with Gasteiger partial charge < -0.3 is 14.8 Å². The van der Waals surface area contributed by atoms with Crippen LogP contribution in [-0.4, -0.2) is 33.0 Å². The lowest BCUT2D eigenvalue weighted by atomic mass is 10.1. The molecule has 4 nitrogen and oxygen atoms in total. The first kappa shape index (κ1) is 14.2. The minimum Gasteiger partial charge on any atom is -0.354 e. The van der Waals surface area contributed by atoms with E-state index in [9.17, 15) is 4.79 Å². The van der Waals surface area contributed by atoms with Gasteiger partial charge in [-0.1, -0.05) is 15.9 Å². The molecule has 0 radical (unpaired) electrons. The fraction of sp³-hybridized carbons (Fsp3) is 0.417. The number of methoxy groups -OCH3 is 2. The van der Waals surface area contributed by atoms with Crippen LogP contribution in [0.15, 0.2) is 22.7 Å². The molecule has 0 unspecified atom stereocenters. The van der Waals surface area contributed by atoms with Crippen LogP contribution in [0.2, 0.25) is 0 Å². The van der Waals surface area contributed by atoms with Gasteiger partial charge in [0.25, 0.3) is 5.91 Å². The summed E-state index contributed by atoms with van der Waals surface area (Å²) in [5, 5.41) is 2.74. The van der Waals surface area contributed by atoms with E-state index in [4.69, 9.17) is 9.47 Å². The molecule has 1 amide bonds. The number of benzene rings is 1. The van der Waals surface area contributed by atoms with Crippen molar-refractivity contribution < 1.29 is 14.3 Å². The fourth-order valence-corrected chi connectivity index (χ4v) is 1.57. The molecule has 17 heavy (non-hydrogen) atoms. The summed E-state index contributed by atoms with van der Waals surface area (Å²) in [6.07, 6.45) is -0.421. The predicted molar refractivity (Wildman–Crippen MR) is 69.0 cm³/mol. The van der Waals surface area contributed by atoms with E-state index in [1.165, 1.54) is 14.2 Å². The summed E-state index contributed by atoms with van der Waals surface area (Å²) in [7, 11) is 3.06. The van der Waals surface area contributed by atoms with Crippen LogP contribution in [0.25, 0.3) is 0 Å². The van der Waals surface area contributed by atoms with E-state index >= 15 is 0 Å². The third kappa shape index (κ3) is 4.11. The summed E-state index contributed by atoms with van der Waals surface area (Å²) in [5.74, 6) is -0.139. The van der Waals surface area contributed by atoms with Gasteiger partial charge in [-0.25, -0.2) is 0 Å². The number of halogens is 1. The molecule has 5 heteroatoms. The monoisotopic (exact) mass is 301 g/mol. The number of carbonyl (C=O) groups excluding carboxylic acids is 1. The lowest BCUT2D eigenvalue weighted by Crippen LogP contribution is -2.34. The molecular weight excluding hydrogens is 286 g/mol. The van der Waals surface area contributed by atoms with Crippen molar-refractivity contribution in [2.75, 3.05) is 20.8 Å². The molecule has 0 bridgehead atoms. The lowest BCUT2D eigenvalue weighted by Gasteiger charge is -2.14. The number of carbonyl (C=O) groups is 1. The van der Waals surface area contributed by atoms with E-state index in [2.05, 4.69) is 21.2 Å². The molecule has 1 aromatic rings. The molecule has 0 aliphatic heterocycles. The maximum absolute atomic E-state index is 11.8. The van der Waals surface area contributed by atoms with E-state index in [1.807, 2.05) is 19.1 Å². The fourth-order valence-electron chi connectivity index (χ4n) is 1.33. The Bertz CT molecular complexity index is 391. The maximum Gasteiger partial charge on any atom is 0.251 e. The van der Waals surface area contributed by atoms with Gasteiger partial charge in [-0.15, -0.1) is 0 Å². The SMILES string of the molecule is COC(CNC(=O)c1ccc(Br)c(C)c1)OC. The lowest BCUT2D eigenvalue weighted by molar-refractivity contribution is -0.0974. The van der Waals surface area contributed by atoms with Gasteiger partial charge in [0, 0.05) is 24.3 Å². The van der Waals surface area contributed by atoms with Crippen LogP contribution in [-0.2, 0) is 9.47 Å². The molecule has 1 N–H and O–H groups in total. The Morgan fingerprint density at radius 1 is 1.41 bits per heavy atom. The van der Waals surface area contributed by atoms with E-state index in [0.29, 0.717) is 12.1 Å². The van der Waals surface area contributed by atoms with Gasteiger partial charge >= 0.3 is 0 Å². The van der Waals surface area contributed by atoms with Gasteiger partial charge in [0.05, 0.1) is 6.54 Å². The van der Waals surface area contributed by atoms with Crippen molar-refractivity contribution in [2.24, 2.45) is 0 Å². The molecular formula is C12H16BrNO3. The zero-order chi connectivity index (χ0) is 12.8. The average molecular weight is 302 g/mol. The van der Waals surface area contributed by atoms with Gasteiger partial charge in [-0.05, 0) is 30.7 Å². The van der Waals surface area contributed by atoms with Crippen molar-refractivity contribution in [3.63, 3.8) is 0 Å². The maximum atomic E-state index is 11.8. The smallest absolute Gasteiger partial charge is 0.251 e. The molecule has 0 saturated heterocycles. The largest absolute Gasteiger partial charge is 0.354 e. The van der Waals surface area contributed by atoms with Crippen molar-refractivity contribution in [1.29, 1.82) is 0 Å². The first-order valence-corrected chi connectivity index (χ1v) is 5.97. The number of aryl methyl sites for hydroxylation is 1. The van der Waals surface area contributed by atoms with Crippen LogP contribution in [0, 0.1) is 6.92 Å². The Morgan fingerprint density at radius 2 is 2.06 bits per heavy atom. The highest BCUT2D eigenvalue weighted by molar-refractivity contribution is 9.10. The molecule has 1 aromatic carbocycles. The van der Waals surface area contributed by atoms with Crippen molar-refractivity contribution >= 4 is 21.8 Å². The quantitative estimate of drug-likeness (QED) is 0.847. The Morgan fingerprint density at radius 3 is 2.59 bits per heavy atom. The minimum atomic E-state index is -0.421. The summed E-state index contributed by atoms with van der Waals surface area (Å²) in [6.45, 7) is 2.26. The number of rotatable bonds is 5. The van der Waals surface area contributed by atoms with Crippen LogP contribution in [0.1, 0.15) is 15.9 Å². The summed E-state index contributed by atoms with van der Waals surface area (Å²) in [6, 6.07) is 5.45. The minimum absolute atomic E-state index is 0.139. The average Bonchev–Trinajstić information content (AvgIpc) is 2.33. The highest BCUT2D eigenvalue weighted by Gasteiger charge is 2.10. The highest BCUT2D eigenvalue weighted by atomic mass is 79.9. The van der Waals surface area contributed by atoms with Gasteiger partial charge in [0.2, 0.25) is 0 Å². The third-order valence-corrected chi connectivity index (χ3v) is 3.26. The molecule has 0 saturated carbocycles. The van der Waals surface area contributed by atoms with Crippen LogP contribution < -0.4 is 5.32 Å². The summed E-state index contributed by atoms with van der Waals surface area (Å²) in [4.78, 5) is 11.8. The molecule has 0 heterocycles. The van der Waals surface area contributed by atoms with Crippen LogP contribution in [0.3, 0.4) is 0 Å². The van der Waals surface area contributed by atoms with Crippen LogP contribution in [0.4, 0.5) is 0 Å².